The van der Waals surface area contributed by atoms with Crippen molar-refractivity contribution in [1.82, 2.24) is 9.62 Å². The first-order valence-corrected chi connectivity index (χ1v) is 16.0. The first-order chi connectivity index (χ1) is 20.6. The minimum Gasteiger partial charge on any atom is -0.493 e. The normalized spacial score (nSPS) is 19.4. The summed E-state index contributed by atoms with van der Waals surface area (Å²) in [5, 5.41) is 6.95. The van der Waals surface area contributed by atoms with E-state index in [0.29, 0.717) is 36.8 Å². The van der Waals surface area contributed by atoms with Crippen LogP contribution in [0.3, 0.4) is 0 Å². The lowest BCUT2D eigenvalue weighted by atomic mass is 9.98. The van der Waals surface area contributed by atoms with Crippen molar-refractivity contribution in [3.8, 4) is 5.75 Å². The van der Waals surface area contributed by atoms with Crippen LogP contribution in [0.25, 0.3) is 0 Å². The number of likely N-dealkylation sites (tertiary alicyclic amines) is 1. The molecule has 1 atom stereocenters. The van der Waals surface area contributed by atoms with Crippen LogP contribution in [0.1, 0.15) is 72.3 Å². The number of sulfonamides is 1. The van der Waals surface area contributed by atoms with E-state index in [1.165, 1.54) is 24.3 Å². The van der Waals surface area contributed by atoms with Gasteiger partial charge in [0.2, 0.25) is 10.0 Å². The zero-order valence-corrected chi connectivity index (χ0v) is 25.1. The van der Waals surface area contributed by atoms with Crippen molar-refractivity contribution >= 4 is 33.5 Å². The summed E-state index contributed by atoms with van der Waals surface area (Å²) in [5.74, 6) is -4.03. The second-order valence-corrected chi connectivity index (χ2v) is 13.6. The maximum Gasteiger partial charge on any atom is 0.490 e. The van der Waals surface area contributed by atoms with Crippen LogP contribution < -0.4 is 9.46 Å². The van der Waals surface area contributed by atoms with E-state index < -0.39 is 39.1 Å². The molecule has 0 spiro atoms. The third-order valence-electron chi connectivity index (χ3n) is 7.82. The Kier molecular flexibility index (Phi) is 10.8. The van der Waals surface area contributed by atoms with Crippen molar-refractivity contribution in [2.75, 3.05) is 19.7 Å². The highest BCUT2D eigenvalue weighted by molar-refractivity contribution is 7.90. The van der Waals surface area contributed by atoms with Gasteiger partial charge in [-0.3, -0.25) is 9.69 Å². The van der Waals surface area contributed by atoms with Gasteiger partial charge in [-0.05, 0) is 80.3 Å². The summed E-state index contributed by atoms with van der Waals surface area (Å²) in [6.45, 7) is 2.69. The summed E-state index contributed by atoms with van der Waals surface area (Å²) in [7, 11) is -3.80. The Hall–Kier alpha value is -2.97. The number of carbonyl (C=O) groups is 2. The number of hydrogen-bond acceptors (Lipinski definition) is 6. The molecule has 2 saturated carbocycles. The predicted molar refractivity (Wildman–Crippen MR) is 151 cm³/mol. The Morgan fingerprint density at radius 2 is 1.73 bits per heavy atom. The molecule has 0 unspecified atom stereocenters. The van der Waals surface area contributed by atoms with Gasteiger partial charge in [0.05, 0.1) is 17.4 Å². The Morgan fingerprint density at radius 3 is 2.30 bits per heavy atom. The van der Waals surface area contributed by atoms with Gasteiger partial charge < -0.3 is 9.84 Å². The molecular weight excluding hydrogens is 635 g/mol. The number of carboxylic acid groups (broad SMARTS) is 1. The maximum absolute atomic E-state index is 15.0. The molecule has 242 valence electrons. The van der Waals surface area contributed by atoms with Crippen LogP contribution in [-0.4, -0.2) is 61.4 Å². The number of halogens is 6. The maximum atomic E-state index is 15.0. The molecule has 1 aliphatic heterocycles. The van der Waals surface area contributed by atoms with Crippen LogP contribution in [0, 0.1) is 17.6 Å². The Balaban J connectivity index is 0.000000566. The monoisotopic (exact) mass is 666 g/mol. The Labute approximate surface area is 256 Å². The summed E-state index contributed by atoms with van der Waals surface area (Å²) in [4.78, 5) is 23.8. The third-order valence-corrected chi connectivity index (χ3v) is 9.99. The van der Waals surface area contributed by atoms with Crippen molar-refractivity contribution in [3.05, 3.63) is 63.7 Å². The van der Waals surface area contributed by atoms with Crippen LogP contribution in [-0.2, 0) is 21.4 Å². The van der Waals surface area contributed by atoms with Crippen molar-refractivity contribution in [1.29, 1.82) is 0 Å². The van der Waals surface area contributed by atoms with Gasteiger partial charge in [0.15, 0.2) is 0 Å². The smallest absolute Gasteiger partial charge is 0.490 e. The number of carboxylic acids is 1. The molecular formula is C29H32ClF5N2O6S. The Morgan fingerprint density at radius 1 is 1.05 bits per heavy atom. The SMILES string of the molecule is O=C(NS(=O)(=O)C1CCC1)c1cc(C2CC2)c(OC[C@H]2CCCN(Cc3ccc(F)cc3Cl)C2)cc1F.O=C(O)C(F)(F)F. The molecule has 2 aromatic rings. The third kappa shape index (κ3) is 9.04. The summed E-state index contributed by atoms with van der Waals surface area (Å²) in [5.41, 5.74) is 1.35. The molecule has 2 N–H and O–H groups in total. The summed E-state index contributed by atoms with van der Waals surface area (Å²) in [6.07, 6.45) is 0.532. The van der Waals surface area contributed by atoms with Crippen molar-refractivity contribution in [3.63, 3.8) is 0 Å². The van der Waals surface area contributed by atoms with Crippen molar-refractivity contribution in [2.45, 2.75) is 68.8 Å². The zero-order chi connectivity index (χ0) is 32.2. The lowest BCUT2D eigenvalue weighted by molar-refractivity contribution is -0.192. The topological polar surface area (TPSA) is 113 Å². The number of nitrogens with zero attached hydrogens (tertiary/aromatic N) is 1. The fourth-order valence-corrected chi connectivity index (χ4v) is 6.78. The van der Waals surface area contributed by atoms with E-state index in [2.05, 4.69) is 9.62 Å². The van der Waals surface area contributed by atoms with Gasteiger partial charge >= 0.3 is 12.1 Å². The second-order valence-electron chi connectivity index (χ2n) is 11.3. The van der Waals surface area contributed by atoms with Crippen molar-refractivity contribution < 1.29 is 49.8 Å². The number of piperidine rings is 1. The Bertz CT molecular complexity index is 1480. The van der Waals surface area contributed by atoms with Gasteiger partial charge in [0.25, 0.3) is 5.91 Å². The zero-order valence-electron chi connectivity index (χ0n) is 23.5. The minimum absolute atomic E-state index is 0.175. The number of hydrogen-bond donors (Lipinski definition) is 2. The first kappa shape index (κ1) is 33.9. The molecule has 5 rings (SSSR count). The molecule has 1 saturated heterocycles. The second kappa shape index (κ2) is 14.0. The van der Waals surface area contributed by atoms with Gasteiger partial charge in [0, 0.05) is 30.1 Å². The molecule has 2 aliphatic carbocycles. The lowest BCUT2D eigenvalue weighted by Gasteiger charge is -2.33. The summed E-state index contributed by atoms with van der Waals surface area (Å²) < 4.78 is 93.0. The minimum atomic E-state index is -5.08. The molecule has 1 heterocycles. The van der Waals surface area contributed by atoms with E-state index in [4.69, 9.17) is 26.2 Å². The van der Waals surface area contributed by atoms with Gasteiger partial charge in [-0.15, -0.1) is 0 Å². The van der Waals surface area contributed by atoms with Crippen LogP contribution in [0.4, 0.5) is 22.0 Å². The largest absolute Gasteiger partial charge is 0.493 e. The predicted octanol–water partition coefficient (Wildman–Crippen LogP) is 6.03. The molecule has 1 amide bonds. The highest BCUT2D eigenvalue weighted by Crippen LogP contribution is 2.45. The molecule has 8 nitrogen and oxygen atoms in total. The highest BCUT2D eigenvalue weighted by Gasteiger charge is 2.38. The number of alkyl halides is 3. The first-order valence-electron chi connectivity index (χ1n) is 14.1. The van der Waals surface area contributed by atoms with E-state index in [1.54, 1.807) is 6.07 Å². The molecule has 44 heavy (non-hydrogen) atoms. The van der Waals surface area contributed by atoms with E-state index in [1.807, 2.05) is 0 Å². The molecule has 3 fully saturated rings. The molecule has 0 aromatic heterocycles. The van der Waals surface area contributed by atoms with Gasteiger partial charge in [0.1, 0.15) is 17.4 Å². The van der Waals surface area contributed by atoms with E-state index in [9.17, 15) is 35.2 Å². The van der Waals surface area contributed by atoms with E-state index in [-0.39, 0.29) is 23.2 Å². The van der Waals surface area contributed by atoms with Gasteiger partial charge in [-0.2, -0.15) is 13.2 Å². The van der Waals surface area contributed by atoms with Gasteiger partial charge in [-0.1, -0.05) is 24.1 Å². The summed E-state index contributed by atoms with van der Waals surface area (Å²) in [6, 6.07) is 7.11. The number of rotatable bonds is 9. The summed E-state index contributed by atoms with van der Waals surface area (Å²) >= 11 is 6.20. The average Bonchev–Trinajstić information content (AvgIpc) is 3.73. The van der Waals surface area contributed by atoms with E-state index in [0.717, 1.165) is 56.3 Å². The highest BCUT2D eigenvalue weighted by atomic mass is 35.5. The van der Waals surface area contributed by atoms with Crippen LogP contribution in [0.5, 0.6) is 5.75 Å². The molecule has 3 aliphatic rings. The quantitative estimate of drug-likeness (QED) is 0.314. The fourth-order valence-electron chi connectivity index (χ4n) is 5.06. The van der Waals surface area contributed by atoms with Gasteiger partial charge in [-0.25, -0.2) is 26.7 Å². The fraction of sp³-hybridized carbons (Fsp3) is 0.517. The molecule has 2 aromatic carbocycles. The van der Waals surface area contributed by atoms with Crippen LogP contribution >= 0.6 is 11.6 Å². The molecule has 15 heteroatoms. The number of ether oxygens (including phenoxy) is 1. The number of benzene rings is 2. The van der Waals surface area contributed by atoms with Crippen molar-refractivity contribution in [2.24, 2.45) is 5.92 Å². The standard InChI is InChI=1S/C27H31ClF2N2O4S.C2HF3O2/c28-24-11-20(29)9-8-19(24)15-32-10-2-3-17(14-32)16-36-26-13-25(30)23(12-22(26)18-6-7-18)27(33)31-37(34,35)21-4-1-5-21;3-2(4,5)1(6)7/h8-9,11-13,17-18,21H,1-7,10,14-16H2,(H,31,33);(H,6,7)/t17-;/m0./s1. The van der Waals surface area contributed by atoms with Crippen LogP contribution in [0.2, 0.25) is 5.02 Å². The van der Waals surface area contributed by atoms with E-state index >= 15 is 0 Å². The average molecular weight is 667 g/mol. The number of nitrogens with one attached hydrogen (secondary N) is 1. The number of carbonyl (C=O) groups excluding carboxylic acids is 1. The lowest BCUT2D eigenvalue weighted by Crippen LogP contribution is -2.41. The molecule has 0 bridgehead atoms. The molecule has 0 radical (unpaired) electrons. The number of amides is 1. The van der Waals surface area contributed by atoms with Crippen LogP contribution in [0.15, 0.2) is 30.3 Å². The number of aliphatic carboxylic acids is 1.